The predicted molar refractivity (Wildman–Crippen MR) is 58.2 cm³/mol. The van der Waals surface area contributed by atoms with Crippen molar-refractivity contribution in [3.05, 3.63) is 17.5 Å². The van der Waals surface area contributed by atoms with E-state index in [-0.39, 0.29) is 5.91 Å². The van der Waals surface area contributed by atoms with E-state index in [0.717, 1.165) is 11.3 Å². The van der Waals surface area contributed by atoms with Gasteiger partial charge in [0.25, 0.3) is 0 Å². The van der Waals surface area contributed by atoms with E-state index in [9.17, 15) is 4.79 Å². The summed E-state index contributed by atoms with van der Waals surface area (Å²) in [4.78, 5) is 11.2. The molecule has 0 bridgehead atoms. The highest BCUT2D eigenvalue weighted by Crippen LogP contribution is 2.03. The van der Waals surface area contributed by atoms with Gasteiger partial charge >= 0.3 is 0 Å². The van der Waals surface area contributed by atoms with Gasteiger partial charge in [-0.05, 0) is 6.92 Å². The fourth-order valence-electron chi connectivity index (χ4n) is 1.19. The largest absolute Gasteiger partial charge is 0.352 e. The van der Waals surface area contributed by atoms with Crippen LogP contribution >= 0.6 is 15.9 Å². The van der Waals surface area contributed by atoms with E-state index in [0.29, 0.717) is 18.3 Å². The van der Waals surface area contributed by atoms with Crippen LogP contribution < -0.4 is 5.32 Å². The Labute approximate surface area is 91.8 Å². The van der Waals surface area contributed by atoms with Gasteiger partial charge in [0.05, 0.1) is 5.69 Å². The molecule has 0 aliphatic carbocycles. The lowest BCUT2D eigenvalue weighted by Gasteiger charge is -2.01. The number of hydrogen-bond donors (Lipinski definition) is 1. The van der Waals surface area contributed by atoms with Crippen molar-refractivity contribution in [1.29, 1.82) is 0 Å². The van der Waals surface area contributed by atoms with E-state index >= 15 is 0 Å². The zero-order chi connectivity index (χ0) is 10.6. The predicted octanol–water partition coefficient (Wildman–Crippen LogP) is 1.13. The van der Waals surface area contributed by atoms with Crippen molar-refractivity contribution in [2.75, 3.05) is 5.33 Å². The van der Waals surface area contributed by atoms with Gasteiger partial charge in [0, 0.05) is 37.1 Å². The summed E-state index contributed by atoms with van der Waals surface area (Å²) in [6.45, 7) is 2.50. The van der Waals surface area contributed by atoms with Gasteiger partial charge in [-0.2, -0.15) is 5.10 Å². The molecule has 0 spiro atoms. The van der Waals surface area contributed by atoms with Crippen molar-refractivity contribution >= 4 is 21.8 Å². The van der Waals surface area contributed by atoms with Crippen LogP contribution in [0.25, 0.3) is 0 Å². The van der Waals surface area contributed by atoms with Crippen LogP contribution in [0.15, 0.2) is 6.20 Å². The van der Waals surface area contributed by atoms with Crippen LogP contribution in [-0.2, 0) is 18.4 Å². The lowest BCUT2D eigenvalue weighted by atomic mass is 10.2. The molecule has 0 aliphatic heterocycles. The number of carbonyl (C=O) groups is 1. The molecule has 1 N–H and O–H groups in total. The van der Waals surface area contributed by atoms with Crippen molar-refractivity contribution < 1.29 is 4.79 Å². The summed E-state index contributed by atoms with van der Waals surface area (Å²) in [5, 5.41) is 7.72. The van der Waals surface area contributed by atoms with Gasteiger partial charge in [-0.1, -0.05) is 15.9 Å². The van der Waals surface area contributed by atoms with Gasteiger partial charge in [0.15, 0.2) is 0 Å². The van der Waals surface area contributed by atoms with E-state index in [1.807, 2.05) is 20.2 Å². The maximum atomic E-state index is 11.2. The Kier molecular flexibility index (Phi) is 4.13. The van der Waals surface area contributed by atoms with Crippen LogP contribution in [0.3, 0.4) is 0 Å². The minimum Gasteiger partial charge on any atom is -0.352 e. The van der Waals surface area contributed by atoms with E-state index in [2.05, 4.69) is 26.3 Å². The first kappa shape index (κ1) is 11.2. The molecular formula is C9H14BrN3O. The maximum absolute atomic E-state index is 11.2. The number of nitrogens with one attached hydrogen (secondary N) is 1. The molecule has 0 radical (unpaired) electrons. The highest BCUT2D eigenvalue weighted by molar-refractivity contribution is 9.09. The summed E-state index contributed by atoms with van der Waals surface area (Å²) in [6.07, 6.45) is 2.43. The van der Waals surface area contributed by atoms with Gasteiger partial charge < -0.3 is 5.32 Å². The van der Waals surface area contributed by atoms with Crippen LogP contribution in [0.5, 0.6) is 0 Å². The van der Waals surface area contributed by atoms with Crippen LogP contribution in [0.1, 0.15) is 17.7 Å². The molecule has 14 heavy (non-hydrogen) atoms. The summed E-state index contributed by atoms with van der Waals surface area (Å²) < 4.78 is 1.75. The van der Waals surface area contributed by atoms with Gasteiger partial charge in [-0.15, -0.1) is 0 Å². The van der Waals surface area contributed by atoms with E-state index in [4.69, 9.17) is 0 Å². The number of aryl methyl sites for hydroxylation is 2. The normalized spacial score (nSPS) is 10.2. The minimum atomic E-state index is 0.0603. The number of alkyl halides is 1. The summed E-state index contributed by atoms with van der Waals surface area (Å²) in [5.74, 6) is 0.0603. The average molecular weight is 260 g/mol. The third kappa shape index (κ3) is 3.14. The Morgan fingerprint density at radius 1 is 1.71 bits per heavy atom. The van der Waals surface area contributed by atoms with E-state index in [1.165, 1.54) is 0 Å². The number of amides is 1. The highest BCUT2D eigenvalue weighted by Gasteiger charge is 2.04. The molecule has 5 heteroatoms. The zero-order valence-electron chi connectivity index (χ0n) is 8.38. The number of rotatable bonds is 4. The van der Waals surface area contributed by atoms with E-state index < -0.39 is 0 Å². The fourth-order valence-corrected chi connectivity index (χ4v) is 1.55. The zero-order valence-corrected chi connectivity index (χ0v) is 9.97. The fraction of sp³-hybridized carbons (Fsp3) is 0.556. The van der Waals surface area contributed by atoms with Crippen molar-refractivity contribution in [3.8, 4) is 0 Å². The molecule has 1 amide bonds. The number of carbonyl (C=O) groups excluding carboxylic acids is 1. The first-order valence-corrected chi connectivity index (χ1v) is 5.57. The molecular weight excluding hydrogens is 246 g/mol. The Balaban J connectivity index is 2.45. The molecule has 0 atom stereocenters. The second-order valence-corrected chi connectivity index (χ2v) is 3.92. The smallest absolute Gasteiger partial charge is 0.221 e. The Bertz CT molecular complexity index is 322. The topological polar surface area (TPSA) is 46.9 Å². The van der Waals surface area contributed by atoms with Crippen LogP contribution in [0, 0.1) is 6.92 Å². The van der Waals surface area contributed by atoms with Crippen molar-refractivity contribution in [2.45, 2.75) is 19.9 Å². The van der Waals surface area contributed by atoms with Crippen molar-refractivity contribution in [1.82, 2.24) is 15.1 Å². The number of hydrogen-bond acceptors (Lipinski definition) is 2. The van der Waals surface area contributed by atoms with Crippen LogP contribution in [0.2, 0.25) is 0 Å². The second kappa shape index (κ2) is 5.14. The Morgan fingerprint density at radius 3 is 2.93 bits per heavy atom. The molecule has 4 nitrogen and oxygen atoms in total. The van der Waals surface area contributed by atoms with E-state index in [1.54, 1.807) is 4.68 Å². The Hall–Kier alpha value is -0.840. The SMILES string of the molecule is Cc1nn(C)cc1CNC(=O)CCBr. The molecule has 1 aromatic heterocycles. The van der Waals surface area contributed by atoms with Gasteiger partial charge in [0.2, 0.25) is 5.91 Å². The molecule has 0 aromatic carbocycles. The van der Waals surface area contributed by atoms with Crippen LogP contribution in [0.4, 0.5) is 0 Å². The molecule has 0 aliphatic rings. The molecule has 0 unspecified atom stereocenters. The molecule has 0 fully saturated rings. The summed E-state index contributed by atoms with van der Waals surface area (Å²) in [6, 6.07) is 0. The quantitative estimate of drug-likeness (QED) is 0.825. The number of aromatic nitrogens is 2. The van der Waals surface area contributed by atoms with Crippen LogP contribution in [-0.4, -0.2) is 21.0 Å². The monoisotopic (exact) mass is 259 g/mol. The first-order chi connectivity index (χ1) is 6.63. The lowest BCUT2D eigenvalue weighted by molar-refractivity contribution is -0.120. The average Bonchev–Trinajstić information content (AvgIpc) is 2.42. The molecule has 1 heterocycles. The summed E-state index contributed by atoms with van der Waals surface area (Å²) in [7, 11) is 1.87. The molecule has 0 saturated heterocycles. The summed E-state index contributed by atoms with van der Waals surface area (Å²) in [5.41, 5.74) is 2.03. The molecule has 1 aromatic rings. The molecule has 78 valence electrons. The van der Waals surface area contributed by atoms with Crippen molar-refractivity contribution in [3.63, 3.8) is 0 Å². The standard InChI is InChI=1S/C9H14BrN3O/c1-7-8(6-13(2)12-7)5-11-9(14)3-4-10/h6H,3-5H2,1-2H3,(H,11,14). The first-order valence-electron chi connectivity index (χ1n) is 4.45. The Morgan fingerprint density at radius 2 is 2.43 bits per heavy atom. The van der Waals surface area contributed by atoms with Crippen molar-refractivity contribution in [2.24, 2.45) is 7.05 Å². The minimum absolute atomic E-state index is 0.0603. The highest BCUT2D eigenvalue weighted by atomic mass is 79.9. The number of halogens is 1. The van der Waals surface area contributed by atoms with Gasteiger partial charge in [-0.3, -0.25) is 9.48 Å². The maximum Gasteiger partial charge on any atom is 0.221 e. The molecule has 0 saturated carbocycles. The third-order valence-corrected chi connectivity index (χ3v) is 2.31. The molecule has 1 rings (SSSR count). The second-order valence-electron chi connectivity index (χ2n) is 3.13. The lowest BCUT2D eigenvalue weighted by Crippen LogP contribution is -2.22. The van der Waals surface area contributed by atoms with Gasteiger partial charge in [0.1, 0.15) is 0 Å². The van der Waals surface area contributed by atoms with Gasteiger partial charge in [-0.25, -0.2) is 0 Å². The third-order valence-electron chi connectivity index (χ3n) is 1.91. The summed E-state index contributed by atoms with van der Waals surface area (Å²) >= 11 is 3.22. The number of nitrogens with zero attached hydrogens (tertiary/aromatic N) is 2.